The fraction of sp³-hybridized carbons (Fsp3) is 0.370. The van der Waals surface area contributed by atoms with Gasteiger partial charge in [0.05, 0.1) is 6.61 Å². The number of aromatic amines is 1. The standard InChI is InChI=1S/C27H30N2O2/c1-2-3-11-21-18-25(30)29-16-14-23-22-12-7-8-13-24(22)28-26(23)27(21,29)15-17-31-19-20-9-5-4-6-10-20/h4-10,12-13,18,28H,2-3,11,14-17,19H2,1H3. The molecule has 1 atom stereocenters. The molecule has 3 heterocycles. The summed E-state index contributed by atoms with van der Waals surface area (Å²) in [5.74, 6) is 0.151. The van der Waals surface area contributed by atoms with E-state index in [1.807, 2.05) is 24.3 Å². The van der Waals surface area contributed by atoms with Crippen molar-refractivity contribution in [1.82, 2.24) is 9.88 Å². The highest BCUT2D eigenvalue weighted by molar-refractivity contribution is 5.95. The van der Waals surface area contributed by atoms with Gasteiger partial charge in [0, 0.05) is 42.2 Å². The van der Waals surface area contributed by atoms with E-state index in [1.54, 1.807) is 0 Å². The first-order valence-electron chi connectivity index (χ1n) is 11.5. The number of hydrogen-bond acceptors (Lipinski definition) is 2. The summed E-state index contributed by atoms with van der Waals surface area (Å²) >= 11 is 0. The van der Waals surface area contributed by atoms with Crippen molar-refractivity contribution >= 4 is 16.8 Å². The highest BCUT2D eigenvalue weighted by Gasteiger charge is 2.52. The first-order valence-corrected chi connectivity index (χ1v) is 11.5. The van der Waals surface area contributed by atoms with Gasteiger partial charge in [0.15, 0.2) is 0 Å². The maximum atomic E-state index is 13.1. The number of nitrogens with zero attached hydrogens (tertiary/aromatic N) is 1. The van der Waals surface area contributed by atoms with Gasteiger partial charge in [-0.3, -0.25) is 4.79 Å². The van der Waals surface area contributed by atoms with Crippen LogP contribution in [0.4, 0.5) is 0 Å². The van der Waals surface area contributed by atoms with Crippen molar-refractivity contribution in [3.8, 4) is 0 Å². The molecule has 1 unspecified atom stereocenters. The van der Waals surface area contributed by atoms with Gasteiger partial charge in [-0.15, -0.1) is 0 Å². The summed E-state index contributed by atoms with van der Waals surface area (Å²) in [6.45, 7) is 4.17. The number of carbonyl (C=O) groups excluding carboxylic acids is 1. The minimum absolute atomic E-state index is 0.151. The lowest BCUT2D eigenvalue weighted by Gasteiger charge is -2.44. The largest absolute Gasteiger partial charge is 0.377 e. The summed E-state index contributed by atoms with van der Waals surface area (Å²) in [6.07, 6.45) is 6.74. The van der Waals surface area contributed by atoms with Crippen molar-refractivity contribution in [2.45, 2.75) is 51.2 Å². The van der Waals surface area contributed by atoms with E-state index in [9.17, 15) is 4.79 Å². The maximum absolute atomic E-state index is 13.1. The first-order chi connectivity index (χ1) is 15.2. The van der Waals surface area contributed by atoms with E-state index in [1.165, 1.54) is 27.8 Å². The molecule has 0 bridgehead atoms. The summed E-state index contributed by atoms with van der Waals surface area (Å²) in [7, 11) is 0. The highest BCUT2D eigenvalue weighted by atomic mass is 16.5. The predicted octanol–water partition coefficient (Wildman–Crippen LogP) is 5.49. The van der Waals surface area contributed by atoms with Crippen LogP contribution in [-0.4, -0.2) is 28.9 Å². The Kier molecular flexibility index (Phi) is 5.41. The number of hydrogen-bond donors (Lipinski definition) is 1. The number of benzene rings is 2. The summed E-state index contributed by atoms with van der Waals surface area (Å²) in [5.41, 5.74) is 5.75. The third-order valence-corrected chi connectivity index (χ3v) is 6.89. The molecule has 3 aromatic rings. The van der Waals surface area contributed by atoms with Gasteiger partial charge in [0.25, 0.3) is 0 Å². The molecule has 31 heavy (non-hydrogen) atoms. The number of unbranched alkanes of at least 4 members (excludes halogenated alkanes) is 1. The van der Waals surface area contributed by atoms with Gasteiger partial charge in [-0.1, -0.05) is 61.9 Å². The van der Waals surface area contributed by atoms with Gasteiger partial charge in [-0.2, -0.15) is 0 Å². The summed E-state index contributed by atoms with van der Waals surface area (Å²) in [4.78, 5) is 18.9. The van der Waals surface area contributed by atoms with Crippen LogP contribution in [0.5, 0.6) is 0 Å². The van der Waals surface area contributed by atoms with Crippen molar-refractivity contribution in [2.24, 2.45) is 0 Å². The van der Waals surface area contributed by atoms with Gasteiger partial charge in [-0.25, -0.2) is 0 Å². The molecule has 2 aliphatic rings. The second-order valence-electron chi connectivity index (χ2n) is 8.69. The molecule has 0 radical (unpaired) electrons. The molecule has 160 valence electrons. The number of amides is 1. The number of para-hydroxylation sites is 1. The van der Waals surface area contributed by atoms with E-state index >= 15 is 0 Å². The van der Waals surface area contributed by atoms with Crippen molar-refractivity contribution in [1.29, 1.82) is 0 Å². The third kappa shape index (κ3) is 3.39. The van der Waals surface area contributed by atoms with Crippen LogP contribution in [0.15, 0.2) is 66.2 Å². The Labute approximate surface area is 183 Å². The van der Waals surface area contributed by atoms with Crippen LogP contribution in [0.1, 0.15) is 49.4 Å². The molecule has 0 spiro atoms. The van der Waals surface area contributed by atoms with Gasteiger partial charge in [0.2, 0.25) is 5.91 Å². The van der Waals surface area contributed by atoms with Crippen molar-refractivity contribution < 1.29 is 9.53 Å². The SMILES string of the molecule is CCCCC1=CC(=O)N2CCc3c([nH]c4ccccc34)C12CCOCc1ccccc1. The maximum Gasteiger partial charge on any atom is 0.247 e. The second kappa shape index (κ2) is 8.35. The molecular weight excluding hydrogens is 384 g/mol. The molecule has 0 aliphatic carbocycles. The molecule has 4 nitrogen and oxygen atoms in total. The average Bonchev–Trinajstić information content (AvgIpc) is 3.32. The fourth-order valence-electron chi connectivity index (χ4n) is 5.39. The van der Waals surface area contributed by atoms with Crippen molar-refractivity contribution in [2.75, 3.05) is 13.2 Å². The van der Waals surface area contributed by atoms with Gasteiger partial charge >= 0.3 is 0 Å². The van der Waals surface area contributed by atoms with Crippen molar-refractivity contribution in [3.05, 3.63) is 83.1 Å². The summed E-state index contributed by atoms with van der Waals surface area (Å²) < 4.78 is 6.12. The molecule has 1 N–H and O–H groups in total. The van der Waals surface area contributed by atoms with Crippen LogP contribution in [-0.2, 0) is 28.1 Å². The number of nitrogens with one attached hydrogen (secondary N) is 1. The lowest BCUT2D eigenvalue weighted by molar-refractivity contribution is -0.130. The Hall–Kier alpha value is -2.85. The average molecular weight is 415 g/mol. The Bertz CT molecular complexity index is 1110. The predicted molar refractivity (Wildman–Crippen MR) is 124 cm³/mol. The van der Waals surface area contributed by atoms with Crippen molar-refractivity contribution in [3.63, 3.8) is 0 Å². The number of fused-ring (bicyclic) bond motifs is 5. The Morgan fingerprint density at radius 2 is 1.90 bits per heavy atom. The molecular formula is C27H30N2O2. The fourth-order valence-corrected chi connectivity index (χ4v) is 5.39. The van der Waals surface area contributed by atoms with Crippen LogP contribution >= 0.6 is 0 Å². The van der Waals surface area contributed by atoms with Crippen LogP contribution in [0.3, 0.4) is 0 Å². The van der Waals surface area contributed by atoms with Gasteiger partial charge in [-0.05, 0) is 42.0 Å². The lowest BCUT2D eigenvalue weighted by atomic mass is 9.77. The first kappa shape index (κ1) is 20.1. The summed E-state index contributed by atoms with van der Waals surface area (Å²) in [6, 6.07) is 18.8. The Balaban J connectivity index is 1.50. The second-order valence-corrected chi connectivity index (χ2v) is 8.69. The molecule has 0 fully saturated rings. The lowest BCUT2D eigenvalue weighted by Crippen LogP contribution is -2.51. The van der Waals surface area contributed by atoms with E-state index in [2.05, 4.69) is 53.2 Å². The smallest absolute Gasteiger partial charge is 0.247 e. The van der Waals surface area contributed by atoms with E-state index < -0.39 is 5.54 Å². The molecule has 5 rings (SSSR count). The van der Waals surface area contributed by atoms with Crippen LogP contribution < -0.4 is 0 Å². The quantitative estimate of drug-likeness (QED) is 0.496. The molecule has 2 aliphatic heterocycles. The van der Waals surface area contributed by atoms with E-state index in [4.69, 9.17) is 4.74 Å². The van der Waals surface area contributed by atoms with E-state index in [0.717, 1.165) is 44.2 Å². The zero-order chi connectivity index (χ0) is 21.3. The van der Waals surface area contributed by atoms with Crippen LogP contribution in [0.25, 0.3) is 10.9 Å². The van der Waals surface area contributed by atoms with Crippen LogP contribution in [0, 0.1) is 0 Å². The zero-order valence-corrected chi connectivity index (χ0v) is 18.2. The Morgan fingerprint density at radius 1 is 1.10 bits per heavy atom. The normalized spacial score (nSPS) is 20.1. The zero-order valence-electron chi connectivity index (χ0n) is 18.2. The highest BCUT2D eigenvalue weighted by Crippen LogP contribution is 2.50. The molecule has 0 saturated heterocycles. The molecule has 0 saturated carbocycles. The number of rotatable bonds is 8. The van der Waals surface area contributed by atoms with E-state index in [-0.39, 0.29) is 5.91 Å². The van der Waals surface area contributed by atoms with Gasteiger partial charge in [0.1, 0.15) is 5.54 Å². The number of H-pyrrole nitrogens is 1. The molecule has 1 amide bonds. The Morgan fingerprint density at radius 3 is 2.74 bits per heavy atom. The van der Waals surface area contributed by atoms with E-state index in [0.29, 0.717) is 13.2 Å². The molecule has 4 heteroatoms. The topological polar surface area (TPSA) is 45.3 Å². The molecule has 1 aromatic heterocycles. The summed E-state index contributed by atoms with van der Waals surface area (Å²) in [5, 5.41) is 1.29. The molecule has 2 aromatic carbocycles. The number of carbonyl (C=O) groups is 1. The number of aromatic nitrogens is 1. The van der Waals surface area contributed by atoms with Crippen LogP contribution in [0.2, 0.25) is 0 Å². The minimum atomic E-state index is -0.407. The third-order valence-electron chi connectivity index (χ3n) is 6.89. The minimum Gasteiger partial charge on any atom is -0.377 e. The van der Waals surface area contributed by atoms with Gasteiger partial charge < -0.3 is 14.6 Å². The number of ether oxygens (including phenoxy) is 1. The monoisotopic (exact) mass is 414 g/mol.